The van der Waals surface area contributed by atoms with E-state index in [0.717, 1.165) is 11.3 Å². The molecule has 2 rings (SSSR count). The molecule has 21 heavy (non-hydrogen) atoms. The van der Waals surface area contributed by atoms with Gasteiger partial charge >= 0.3 is 0 Å². The first-order valence-electron chi connectivity index (χ1n) is 6.44. The lowest BCUT2D eigenvalue weighted by Gasteiger charge is -2.08. The maximum atomic E-state index is 11.7. The molecule has 1 aromatic heterocycles. The number of aryl methyl sites for hydroxylation is 1. The summed E-state index contributed by atoms with van der Waals surface area (Å²) >= 11 is 7.40. The van der Waals surface area contributed by atoms with Crippen molar-refractivity contribution in [3.63, 3.8) is 0 Å². The Hall–Kier alpha value is -1.60. The van der Waals surface area contributed by atoms with Crippen molar-refractivity contribution in [3.05, 3.63) is 28.8 Å². The lowest BCUT2D eigenvalue weighted by molar-refractivity contribution is -0.119. The molecule has 0 aliphatic carbocycles. The first-order chi connectivity index (χ1) is 9.97. The summed E-state index contributed by atoms with van der Waals surface area (Å²) in [5.41, 5.74) is 1.75. The van der Waals surface area contributed by atoms with Crippen molar-refractivity contribution in [3.8, 4) is 5.69 Å². The van der Waals surface area contributed by atoms with E-state index in [1.54, 1.807) is 10.7 Å². The number of halogens is 1. The average Bonchev–Trinajstić information content (AvgIpc) is 2.87. The molecule has 0 aliphatic rings. The highest BCUT2D eigenvalue weighted by atomic mass is 35.5. The quantitative estimate of drug-likeness (QED) is 0.853. The van der Waals surface area contributed by atoms with Crippen molar-refractivity contribution in [1.29, 1.82) is 0 Å². The molecule has 0 fully saturated rings. The third-order valence-corrected chi connectivity index (χ3v) is 3.95. The maximum absolute atomic E-state index is 11.7. The summed E-state index contributed by atoms with van der Waals surface area (Å²) in [5, 5.41) is 15.6. The predicted octanol–water partition coefficient (Wildman–Crippen LogP) is 2.24. The number of thioether (sulfide) groups is 1. The molecule has 1 heterocycles. The van der Waals surface area contributed by atoms with Gasteiger partial charge in [0.15, 0.2) is 0 Å². The molecule has 112 valence electrons. The van der Waals surface area contributed by atoms with Crippen LogP contribution in [0.2, 0.25) is 5.02 Å². The van der Waals surface area contributed by atoms with Gasteiger partial charge in [-0.3, -0.25) is 4.79 Å². The Balaban J connectivity index is 2.11. The zero-order valence-corrected chi connectivity index (χ0v) is 13.6. The maximum Gasteiger partial charge on any atom is 0.230 e. The van der Waals surface area contributed by atoms with Crippen LogP contribution in [0.15, 0.2) is 23.4 Å². The SMILES string of the molecule is Cc1ccc(-n2nnnc2SCC(=O)NC(C)C)cc1Cl. The molecule has 0 radical (unpaired) electrons. The van der Waals surface area contributed by atoms with E-state index in [1.807, 2.05) is 32.9 Å². The van der Waals surface area contributed by atoms with Crippen LogP contribution < -0.4 is 5.32 Å². The number of rotatable bonds is 5. The van der Waals surface area contributed by atoms with E-state index in [0.29, 0.717) is 10.2 Å². The van der Waals surface area contributed by atoms with Crippen molar-refractivity contribution in [2.75, 3.05) is 5.75 Å². The van der Waals surface area contributed by atoms with Gasteiger partial charge in [0.1, 0.15) is 0 Å². The minimum atomic E-state index is -0.0495. The van der Waals surface area contributed by atoms with E-state index < -0.39 is 0 Å². The Bertz CT molecular complexity index is 643. The lowest BCUT2D eigenvalue weighted by Crippen LogP contribution is -2.31. The third kappa shape index (κ3) is 4.18. The Kier molecular flexibility index (Phi) is 5.19. The molecule has 1 aromatic carbocycles. The van der Waals surface area contributed by atoms with Gasteiger partial charge in [0.2, 0.25) is 11.1 Å². The van der Waals surface area contributed by atoms with Crippen LogP contribution in [0, 0.1) is 6.92 Å². The van der Waals surface area contributed by atoms with Crippen LogP contribution in [0.25, 0.3) is 5.69 Å². The summed E-state index contributed by atoms with van der Waals surface area (Å²) in [6, 6.07) is 5.70. The number of hydrogen-bond acceptors (Lipinski definition) is 5. The highest BCUT2D eigenvalue weighted by Crippen LogP contribution is 2.22. The number of nitrogens with one attached hydrogen (secondary N) is 1. The van der Waals surface area contributed by atoms with Crippen LogP contribution in [0.4, 0.5) is 0 Å². The van der Waals surface area contributed by atoms with Crippen molar-refractivity contribution < 1.29 is 4.79 Å². The number of carbonyl (C=O) groups is 1. The molecular formula is C13H16ClN5OS. The zero-order chi connectivity index (χ0) is 15.4. The van der Waals surface area contributed by atoms with E-state index in [-0.39, 0.29) is 17.7 Å². The van der Waals surface area contributed by atoms with Crippen molar-refractivity contribution in [2.45, 2.75) is 32.0 Å². The molecular weight excluding hydrogens is 310 g/mol. The highest BCUT2D eigenvalue weighted by Gasteiger charge is 2.12. The van der Waals surface area contributed by atoms with Crippen molar-refractivity contribution in [2.24, 2.45) is 0 Å². The molecule has 0 atom stereocenters. The van der Waals surface area contributed by atoms with Gasteiger partial charge in [-0.05, 0) is 48.9 Å². The summed E-state index contributed by atoms with van der Waals surface area (Å²) in [4.78, 5) is 11.7. The van der Waals surface area contributed by atoms with Crippen LogP contribution in [-0.2, 0) is 4.79 Å². The van der Waals surface area contributed by atoms with E-state index in [2.05, 4.69) is 20.8 Å². The van der Waals surface area contributed by atoms with Crippen LogP contribution in [0.1, 0.15) is 19.4 Å². The first kappa shape index (κ1) is 15.8. The largest absolute Gasteiger partial charge is 0.353 e. The number of benzene rings is 1. The highest BCUT2D eigenvalue weighted by molar-refractivity contribution is 7.99. The second-order valence-corrected chi connectivity index (χ2v) is 6.17. The molecule has 1 N–H and O–H groups in total. The van der Waals surface area contributed by atoms with E-state index in [4.69, 9.17) is 11.6 Å². The van der Waals surface area contributed by atoms with E-state index in [1.165, 1.54) is 11.8 Å². The van der Waals surface area contributed by atoms with Gasteiger partial charge in [-0.25, -0.2) is 0 Å². The molecule has 0 saturated carbocycles. The Morgan fingerprint density at radius 3 is 2.90 bits per heavy atom. The molecule has 6 nitrogen and oxygen atoms in total. The van der Waals surface area contributed by atoms with E-state index >= 15 is 0 Å². The molecule has 0 bridgehead atoms. The zero-order valence-electron chi connectivity index (χ0n) is 12.0. The van der Waals surface area contributed by atoms with Gasteiger partial charge in [0.05, 0.1) is 11.4 Å². The number of hydrogen-bond donors (Lipinski definition) is 1. The number of tetrazole rings is 1. The van der Waals surface area contributed by atoms with Gasteiger partial charge in [0, 0.05) is 11.1 Å². The van der Waals surface area contributed by atoms with Crippen LogP contribution >= 0.6 is 23.4 Å². The number of carbonyl (C=O) groups excluding carboxylic acids is 1. The minimum absolute atomic E-state index is 0.0495. The molecule has 8 heteroatoms. The van der Waals surface area contributed by atoms with Gasteiger partial charge in [-0.2, -0.15) is 4.68 Å². The van der Waals surface area contributed by atoms with Gasteiger partial charge < -0.3 is 5.32 Å². The molecule has 0 unspecified atom stereocenters. The minimum Gasteiger partial charge on any atom is -0.353 e. The second kappa shape index (κ2) is 6.91. The fraction of sp³-hybridized carbons (Fsp3) is 0.385. The summed E-state index contributed by atoms with van der Waals surface area (Å²) in [5.74, 6) is 0.213. The summed E-state index contributed by atoms with van der Waals surface area (Å²) in [6.07, 6.45) is 0. The number of nitrogens with zero attached hydrogens (tertiary/aromatic N) is 4. The number of aromatic nitrogens is 4. The smallest absolute Gasteiger partial charge is 0.230 e. The summed E-state index contributed by atoms with van der Waals surface area (Å²) < 4.78 is 1.57. The first-order valence-corrected chi connectivity index (χ1v) is 7.81. The number of amides is 1. The molecule has 0 aliphatic heterocycles. The lowest BCUT2D eigenvalue weighted by atomic mass is 10.2. The Morgan fingerprint density at radius 1 is 1.48 bits per heavy atom. The standard InChI is InChI=1S/C13H16ClN5OS/c1-8(2)15-12(20)7-21-13-16-17-18-19(13)10-5-4-9(3)11(14)6-10/h4-6,8H,7H2,1-3H3,(H,15,20). The van der Waals surface area contributed by atoms with Crippen LogP contribution in [0.3, 0.4) is 0 Å². The van der Waals surface area contributed by atoms with E-state index in [9.17, 15) is 4.79 Å². The monoisotopic (exact) mass is 325 g/mol. The third-order valence-electron chi connectivity index (χ3n) is 2.62. The van der Waals surface area contributed by atoms with Crippen molar-refractivity contribution >= 4 is 29.3 Å². The Morgan fingerprint density at radius 2 is 2.24 bits per heavy atom. The molecule has 1 amide bonds. The fourth-order valence-electron chi connectivity index (χ4n) is 1.64. The predicted molar refractivity (Wildman–Crippen MR) is 82.9 cm³/mol. The van der Waals surface area contributed by atoms with Crippen molar-refractivity contribution in [1.82, 2.24) is 25.5 Å². The molecule has 0 saturated heterocycles. The average molecular weight is 326 g/mol. The van der Waals surface area contributed by atoms with Crippen LogP contribution in [-0.4, -0.2) is 37.9 Å². The fourth-order valence-corrected chi connectivity index (χ4v) is 2.51. The van der Waals surface area contributed by atoms with Gasteiger partial charge in [0.25, 0.3) is 0 Å². The topological polar surface area (TPSA) is 72.7 Å². The summed E-state index contributed by atoms with van der Waals surface area (Å²) in [6.45, 7) is 5.76. The van der Waals surface area contributed by atoms with Crippen LogP contribution in [0.5, 0.6) is 0 Å². The summed E-state index contributed by atoms with van der Waals surface area (Å²) in [7, 11) is 0. The normalized spacial score (nSPS) is 10.9. The second-order valence-electron chi connectivity index (χ2n) is 4.82. The molecule has 2 aromatic rings. The van der Waals surface area contributed by atoms with Gasteiger partial charge in [-0.1, -0.05) is 29.4 Å². The Labute approximate surface area is 132 Å². The molecule has 0 spiro atoms. The van der Waals surface area contributed by atoms with Gasteiger partial charge in [-0.15, -0.1) is 5.10 Å².